The van der Waals surface area contributed by atoms with Gasteiger partial charge < -0.3 is 4.74 Å². The summed E-state index contributed by atoms with van der Waals surface area (Å²) in [5.41, 5.74) is 0.0723. The predicted molar refractivity (Wildman–Crippen MR) is 55.8 cm³/mol. The van der Waals surface area contributed by atoms with Crippen LogP contribution in [-0.2, 0) is 10.3 Å². The van der Waals surface area contributed by atoms with E-state index in [0.29, 0.717) is 4.77 Å². The Balaban J connectivity index is 2.41. The Labute approximate surface area is 88.3 Å². The van der Waals surface area contributed by atoms with Crippen molar-refractivity contribution in [2.75, 3.05) is 13.7 Å². The highest BCUT2D eigenvalue weighted by atomic mass is 32.1. The molecule has 0 radical (unpaired) electrons. The molecule has 0 amide bonds. The SMILES string of the molecule is COCC1(n2c(C)n[nH]c2=S)CCC1. The van der Waals surface area contributed by atoms with Gasteiger partial charge in [-0.25, -0.2) is 0 Å². The third-order valence-electron chi connectivity index (χ3n) is 3.01. The van der Waals surface area contributed by atoms with E-state index in [1.54, 1.807) is 7.11 Å². The highest BCUT2D eigenvalue weighted by molar-refractivity contribution is 7.71. The van der Waals surface area contributed by atoms with Crippen LogP contribution in [0.2, 0.25) is 0 Å². The molecular weight excluding hydrogens is 198 g/mol. The summed E-state index contributed by atoms with van der Waals surface area (Å²) in [6.45, 7) is 2.70. The number of aromatic nitrogens is 3. The van der Waals surface area contributed by atoms with Crippen molar-refractivity contribution >= 4 is 12.2 Å². The molecule has 14 heavy (non-hydrogen) atoms. The number of aryl methyl sites for hydroxylation is 1. The molecule has 2 rings (SSSR count). The predicted octanol–water partition coefficient (Wildman–Crippen LogP) is 1.77. The normalized spacial score (nSPS) is 19.3. The number of methoxy groups -OCH3 is 1. The Bertz CT molecular complexity index is 378. The first-order chi connectivity index (χ1) is 6.69. The summed E-state index contributed by atoms with van der Waals surface area (Å²) in [7, 11) is 1.74. The van der Waals surface area contributed by atoms with Crippen LogP contribution < -0.4 is 0 Å². The van der Waals surface area contributed by atoms with E-state index >= 15 is 0 Å². The zero-order chi connectivity index (χ0) is 10.2. The molecule has 0 aromatic carbocycles. The van der Waals surface area contributed by atoms with Crippen molar-refractivity contribution in [3.05, 3.63) is 10.6 Å². The summed E-state index contributed by atoms with van der Waals surface area (Å²) in [6.07, 6.45) is 3.51. The summed E-state index contributed by atoms with van der Waals surface area (Å²) in [6, 6.07) is 0. The molecule has 1 aliphatic carbocycles. The minimum atomic E-state index is 0.0723. The number of hydrogen-bond donors (Lipinski definition) is 1. The van der Waals surface area contributed by atoms with Crippen molar-refractivity contribution in [1.82, 2.24) is 14.8 Å². The number of H-pyrrole nitrogens is 1. The maximum atomic E-state index is 5.27. The maximum absolute atomic E-state index is 5.27. The van der Waals surface area contributed by atoms with Crippen molar-refractivity contribution in [1.29, 1.82) is 0 Å². The zero-order valence-corrected chi connectivity index (χ0v) is 9.36. The van der Waals surface area contributed by atoms with Gasteiger partial charge in [-0.2, -0.15) is 5.10 Å². The number of nitrogens with one attached hydrogen (secondary N) is 1. The number of aromatic amines is 1. The fourth-order valence-electron chi connectivity index (χ4n) is 2.22. The molecular formula is C9H15N3OS. The van der Waals surface area contributed by atoms with Crippen molar-refractivity contribution in [2.24, 2.45) is 0 Å². The molecule has 0 spiro atoms. The summed E-state index contributed by atoms with van der Waals surface area (Å²) < 4.78 is 8.09. The second-order valence-corrected chi connectivity index (χ2v) is 4.31. The number of ether oxygens (including phenoxy) is 1. The number of rotatable bonds is 3. The molecule has 0 aliphatic heterocycles. The molecule has 4 nitrogen and oxygen atoms in total. The third-order valence-corrected chi connectivity index (χ3v) is 3.29. The van der Waals surface area contributed by atoms with Crippen LogP contribution in [0, 0.1) is 11.7 Å². The van der Waals surface area contributed by atoms with Crippen molar-refractivity contribution in [3.63, 3.8) is 0 Å². The summed E-state index contributed by atoms with van der Waals surface area (Å²) in [5.74, 6) is 0.951. The first-order valence-electron chi connectivity index (χ1n) is 4.83. The zero-order valence-electron chi connectivity index (χ0n) is 8.54. The van der Waals surface area contributed by atoms with E-state index in [2.05, 4.69) is 14.8 Å². The van der Waals surface area contributed by atoms with Crippen molar-refractivity contribution in [3.8, 4) is 0 Å². The molecule has 1 aromatic rings. The fraction of sp³-hybridized carbons (Fsp3) is 0.778. The smallest absolute Gasteiger partial charge is 0.195 e. The quantitative estimate of drug-likeness (QED) is 0.778. The number of hydrogen-bond acceptors (Lipinski definition) is 3. The van der Waals surface area contributed by atoms with E-state index in [0.717, 1.165) is 25.3 Å². The maximum Gasteiger partial charge on any atom is 0.195 e. The van der Waals surface area contributed by atoms with Gasteiger partial charge in [-0.05, 0) is 38.4 Å². The Hall–Kier alpha value is -0.680. The van der Waals surface area contributed by atoms with E-state index in [9.17, 15) is 0 Å². The summed E-state index contributed by atoms with van der Waals surface area (Å²) in [5, 5.41) is 6.97. The molecule has 1 aromatic heterocycles. The molecule has 78 valence electrons. The van der Waals surface area contributed by atoms with Gasteiger partial charge in [-0.15, -0.1) is 0 Å². The van der Waals surface area contributed by atoms with E-state index in [-0.39, 0.29) is 5.54 Å². The molecule has 0 unspecified atom stereocenters. The van der Waals surface area contributed by atoms with Crippen molar-refractivity contribution < 1.29 is 4.74 Å². The molecule has 1 N–H and O–H groups in total. The van der Waals surface area contributed by atoms with Gasteiger partial charge in [0.1, 0.15) is 5.82 Å². The Kier molecular flexibility index (Phi) is 2.45. The Morgan fingerprint density at radius 2 is 2.36 bits per heavy atom. The van der Waals surface area contributed by atoms with Gasteiger partial charge in [0.05, 0.1) is 12.1 Å². The second-order valence-electron chi connectivity index (χ2n) is 3.92. The average molecular weight is 213 g/mol. The molecule has 1 fully saturated rings. The fourth-order valence-corrected chi connectivity index (χ4v) is 2.59. The topological polar surface area (TPSA) is 42.8 Å². The van der Waals surface area contributed by atoms with Gasteiger partial charge in [0.2, 0.25) is 0 Å². The highest BCUT2D eigenvalue weighted by Crippen LogP contribution is 2.40. The van der Waals surface area contributed by atoms with Crippen LogP contribution in [0.3, 0.4) is 0 Å². The van der Waals surface area contributed by atoms with Crippen LogP contribution in [0.1, 0.15) is 25.1 Å². The molecule has 5 heteroatoms. The summed E-state index contributed by atoms with van der Waals surface area (Å²) >= 11 is 5.22. The monoisotopic (exact) mass is 213 g/mol. The van der Waals surface area contributed by atoms with E-state index in [1.165, 1.54) is 6.42 Å². The van der Waals surface area contributed by atoms with Crippen LogP contribution in [0.5, 0.6) is 0 Å². The largest absolute Gasteiger partial charge is 0.382 e. The van der Waals surface area contributed by atoms with E-state index < -0.39 is 0 Å². The first kappa shape index (κ1) is 9.86. The second kappa shape index (κ2) is 3.47. The third kappa shape index (κ3) is 1.31. The highest BCUT2D eigenvalue weighted by Gasteiger charge is 2.40. The van der Waals surface area contributed by atoms with Crippen molar-refractivity contribution in [2.45, 2.75) is 31.7 Å². The molecule has 1 heterocycles. The van der Waals surface area contributed by atoms with Crippen LogP contribution in [0.25, 0.3) is 0 Å². The van der Waals surface area contributed by atoms with Gasteiger partial charge in [0, 0.05) is 7.11 Å². The minimum absolute atomic E-state index is 0.0723. The van der Waals surface area contributed by atoms with Gasteiger partial charge in [-0.3, -0.25) is 9.67 Å². The van der Waals surface area contributed by atoms with E-state index in [1.807, 2.05) is 6.92 Å². The lowest BCUT2D eigenvalue weighted by atomic mass is 9.77. The Morgan fingerprint density at radius 1 is 1.64 bits per heavy atom. The van der Waals surface area contributed by atoms with Gasteiger partial charge >= 0.3 is 0 Å². The molecule has 0 bridgehead atoms. The molecule has 1 aliphatic rings. The number of nitrogens with zero attached hydrogens (tertiary/aromatic N) is 2. The van der Waals surface area contributed by atoms with Gasteiger partial charge in [0.25, 0.3) is 0 Å². The Morgan fingerprint density at radius 3 is 2.71 bits per heavy atom. The lowest BCUT2D eigenvalue weighted by Crippen LogP contribution is -2.45. The van der Waals surface area contributed by atoms with Gasteiger partial charge in [-0.1, -0.05) is 0 Å². The van der Waals surface area contributed by atoms with Crippen LogP contribution in [0.15, 0.2) is 0 Å². The van der Waals surface area contributed by atoms with Crippen LogP contribution in [-0.4, -0.2) is 28.5 Å². The summed E-state index contributed by atoms with van der Waals surface area (Å²) in [4.78, 5) is 0. The minimum Gasteiger partial charge on any atom is -0.382 e. The molecule has 1 saturated carbocycles. The van der Waals surface area contributed by atoms with Gasteiger partial charge in [0.15, 0.2) is 4.77 Å². The molecule has 0 atom stereocenters. The first-order valence-corrected chi connectivity index (χ1v) is 5.24. The average Bonchev–Trinajstić information content (AvgIpc) is 2.41. The lowest BCUT2D eigenvalue weighted by molar-refractivity contribution is 0.0247. The molecule has 0 saturated heterocycles. The van der Waals surface area contributed by atoms with Crippen LogP contribution >= 0.6 is 12.2 Å². The van der Waals surface area contributed by atoms with Crippen LogP contribution in [0.4, 0.5) is 0 Å². The van der Waals surface area contributed by atoms with E-state index in [4.69, 9.17) is 17.0 Å². The standard InChI is InChI=1S/C9H15N3OS/c1-7-10-11-8(14)12(7)9(6-13-2)4-3-5-9/h3-6H2,1-2H3,(H,11,14). The lowest BCUT2D eigenvalue weighted by Gasteiger charge is -2.42.